The molecule has 7 amide bonds. The molecule has 0 saturated carbocycles. The maximum atomic E-state index is 13.7. The van der Waals surface area contributed by atoms with Crippen molar-refractivity contribution in [1.82, 2.24) is 45.5 Å². The third-order valence-corrected chi connectivity index (χ3v) is 20.9. The van der Waals surface area contributed by atoms with Crippen LogP contribution in [0.1, 0.15) is 68.1 Å². The number of nitrogens with zero attached hydrogens (tertiary/aromatic N) is 6. The Morgan fingerprint density at radius 3 is 2.19 bits per heavy atom. The molecule has 0 aliphatic carbocycles. The molecule has 0 bridgehead atoms. The molecule has 23 nitrogen and oxygen atoms in total. The Labute approximate surface area is 582 Å². The second-order valence-electron chi connectivity index (χ2n) is 24.9. The number of methoxy groups -OCH3 is 1. The summed E-state index contributed by atoms with van der Waals surface area (Å²) in [6.45, 7) is 5.29. The van der Waals surface area contributed by atoms with Gasteiger partial charge in [-0.3, -0.25) is 59.0 Å². The van der Waals surface area contributed by atoms with Gasteiger partial charge in [-0.25, -0.2) is 9.79 Å². The number of aromatic amines is 1. The highest BCUT2D eigenvalue weighted by atomic mass is 32.2. The van der Waals surface area contributed by atoms with E-state index in [1.54, 1.807) is 37.3 Å². The first kappa shape index (κ1) is 69.5. The number of fused-ring (bicyclic) bond motifs is 2. The number of carbonyl (C=O) groups is 6. The fourth-order valence-electron chi connectivity index (χ4n) is 13.6. The summed E-state index contributed by atoms with van der Waals surface area (Å²) in [6, 6.07) is 42.0. The van der Waals surface area contributed by atoms with Crippen molar-refractivity contribution in [2.45, 2.75) is 85.3 Å². The first-order chi connectivity index (χ1) is 48.2. The quantitative estimate of drug-likeness (QED) is 0.0124. The van der Waals surface area contributed by atoms with Gasteiger partial charge in [-0.15, -0.1) is 0 Å². The number of aryl methyl sites for hydroxylation is 1. The molecule has 514 valence electrons. The average molecular weight is 1380 g/mol. The zero-order valence-corrected chi connectivity index (χ0v) is 57.0. The Morgan fingerprint density at radius 2 is 1.51 bits per heavy atom. The number of rotatable bonds is 27. The number of pyridine rings is 1. The zero-order chi connectivity index (χ0) is 69.0. The Balaban J connectivity index is 0.721. The van der Waals surface area contributed by atoms with E-state index in [0.717, 1.165) is 69.7 Å². The van der Waals surface area contributed by atoms with Crippen LogP contribution in [-0.2, 0) is 50.9 Å². The lowest BCUT2D eigenvalue weighted by Crippen LogP contribution is -2.65. The number of H-pyrrole nitrogens is 1. The highest BCUT2D eigenvalue weighted by Gasteiger charge is 2.51. The smallest absolute Gasteiger partial charge is 0.328 e. The van der Waals surface area contributed by atoms with Gasteiger partial charge in [0.1, 0.15) is 16.9 Å². The van der Waals surface area contributed by atoms with Crippen LogP contribution in [0.25, 0.3) is 22.0 Å². The highest BCUT2D eigenvalue weighted by Crippen LogP contribution is 2.49. The van der Waals surface area contributed by atoms with Crippen LogP contribution < -0.4 is 42.2 Å². The maximum Gasteiger partial charge on any atom is 0.328 e. The Kier molecular flexibility index (Phi) is 22.5. The minimum Gasteiger partial charge on any atom is -0.495 e. The largest absolute Gasteiger partial charge is 0.495 e. The van der Waals surface area contributed by atoms with Crippen LogP contribution in [0.5, 0.6) is 5.75 Å². The maximum absolute atomic E-state index is 13.7. The predicted octanol–water partition coefficient (Wildman–Crippen LogP) is 7.88. The summed E-state index contributed by atoms with van der Waals surface area (Å²) in [5, 5.41) is 13.5. The van der Waals surface area contributed by atoms with Crippen molar-refractivity contribution in [2.24, 2.45) is 23.7 Å². The number of hydrogen-bond acceptors (Lipinski definition) is 18. The summed E-state index contributed by atoms with van der Waals surface area (Å²) in [7, 11) is 3.28. The number of aliphatic imine (C=N–C) groups is 1. The van der Waals surface area contributed by atoms with Gasteiger partial charge in [-0.1, -0.05) is 115 Å². The van der Waals surface area contributed by atoms with Crippen LogP contribution in [-0.4, -0.2) is 164 Å². The van der Waals surface area contributed by atoms with Crippen LogP contribution in [0.15, 0.2) is 175 Å². The van der Waals surface area contributed by atoms with Gasteiger partial charge in [0.2, 0.25) is 18.0 Å². The lowest BCUT2D eigenvalue weighted by Gasteiger charge is -2.54. The molecule has 0 radical (unpaired) electrons. The molecule has 5 unspecified atom stereocenters. The molecular formula is C74H80N12O11S2. The minimum atomic E-state index is -1.53. The van der Waals surface area contributed by atoms with Gasteiger partial charge in [0.25, 0.3) is 23.3 Å². The third-order valence-electron chi connectivity index (χ3n) is 18.6. The van der Waals surface area contributed by atoms with Crippen LogP contribution >= 0.6 is 23.5 Å². The SMILES string of the molecule is COc1ccc(C#CCNC2CC(C)CCN2C2CCN(C3(C(COC(NC(=O)CCOCCOCCN4C(=O)C(Sc5ccccc5)=C(Sc5ccccc5)C4=O)C(N)=O)c4ccccc4)NC=Nc4ccc(-c5cn(C)c(=O)c6[nH]ccc56)cc43)CC2)cc1N1CCC(=O)NC1=O. The van der Waals surface area contributed by atoms with E-state index in [2.05, 4.69) is 60.9 Å². The number of anilines is 1. The average Bonchev–Trinajstić information content (AvgIpc) is 0.740. The topological polar surface area (TPSA) is 277 Å². The van der Waals surface area contributed by atoms with Gasteiger partial charge in [0.05, 0.1) is 93.3 Å². The summed E-state index contributed by atoms with van der Waals surface area (Å²) < 4.78 is 25.4. The Bertz CT molecular complexity index is 4240. The normalized spacial score (nSPS) is 19.7. The monoisotopic (exact) mass is 1380 g/mol. The van der Waals surface area contributed by atoms with Gasteiger partial charge in [0, 0.05) is 95.9 Å². The lowest BCUT2D eigenvalue weighted by atomic mass is 9.76. The molecule has 3 fully saturated rings. The second kappa shape index (κ2) is 32.1. The minimum absolute atomic E-state index is 0.0202. The van der Waals surface area contributed by atoms with Crippen molar-refractivity contribution in [2.75, 3.05) is 84.3 Å². The summed E-state index contributed by atoms with van der Waals surface area (Å²) in [5.74, 6) is 4.50. The molecule has 0 spiro atoms. The summed E-state index contributed by atoms with van der Waals surface area (Å²) in [6.07, 6.45) is 7.47. The third kappa shape index (κ3) is 15.9. The molecule has 5 aromatic carbocycles. The van der Waals surface area contributed by atoms with Gasteiger partial charge in [-0.05, 0) is 103 Å². The van der Waals surface area contributed by atoms with Gasteiger partial charge >= 0.3 is 6.03 Å². The molecule has 7 aromatic rings. The number of piperidine rings is 2. The number of aromatic nitrogens is 2. The number of thioether (sulfide) groups is 2. The van der Waals surface area contributed by atoms with Crippen LogP contribution in [0, 0.1) is 17.8 Å². The molecule has 99 heavy (non-hydrogen) atoms. The van der Waals surface area contributed by atoms with E-state index >= 15 is 0 Å². The number of ether oxygens (including phenoxy) is 4. The van der Waals surface area contributed by atoms with Gasteiger partial charge < -0.3 is 44.9 Å². The van der Waals surface area contributed by atoms with E-state index in [4.69, 9.17) is 29.7 Å². The van der Waals surface area contributed by atoms with E-state index in [1.165, 1.54) is 33.3 Å². The van der Waals surface area contributed by atoms with Gasteiger partial charge in [-0.2, -0.15) is 0 Å². The van der Waals surface area contributed by atoms with E-state index in [0.29, 0.717) is 63.6 Å². The number of nitrogens with one attached hydrogen (secondary N) is 5. The molecule has 7 heterocycles. The molecule has 5 atom stereocenters. The number of primary amides is 1. The van der Waals surface area contributed by atoms with E-state index in [1.807, 2.05) is 128 Å². The first-order valence-electron chi connectivity index (χ1n) is 33.3. The second-order valence-corrected chi connectivity index (χ2v) is 27.1. The number of hydrogen-bond donors (Lipinski definition) is 6. The standard InChI is InChI=1S/C74H80N12O11S2/c1-48-26-35-84(62(42-48)76-31-13-14-49-21-24-61(94-3)60(43-49)85-36-29-63(87)81-73(85)93)52-27-33-83(34-28-52)74(57-44-51(22-23-59(57)78-47-79-74)56-45-82(2)70(90)65-55(56)25-32-77-65)58(50-15-7-4-8-16-50)46-97-69(68(75)89)80-64(88)30-38-95-40-41-96-39-37-86-71(91)66(98-53-17-9-5-10-18-53)67(72(86)92)99-54-19-11-6-12-20-54/h4-12,15-25,32,43-45,47-48,52,58,62,69,76-77H,26-31,33-42,46H2,1-3H3,(H2,75,89)(H,78,79)(H,80,88)(H,81,87,93). The van der Waals surface area contributed by atoms with Crippen molar-refractivity contribution >= 4 is 87.7 Å². The molecule has 25 heteroatoms. The lowest BCUT2D eigenvalue weighted by molar-refractivity contribution is -0.141. The molecule has 7 N–H and O–H groups in total. The number of amides is 7. The van der Waals surface area contributed by atoms with Crippen LogP contribution in [0.4, 0.5) is 16.2 Å². The van der Waals surface area contributed by atoms with Crippen molar-refractivity contribution < 1.29 is 47.7 Å². The zero-order valence-electron chi connectivity index (χ0n) is 55.4. The number of urea groups is 1. The highest BCUT2D eigenvalue weighted by molar-refractivity contribution is 8.08. The van der Waals surface area contributed by atoms with Crippen LogP contribution in [0.3, 0.4) is 0 Å². The summed E-state index contributed by atoms with van der Waals surface area (Å²) in [5.41, 5.74) is 10.7. The van der Waals surface area contributed by atoms with E-state index in [-0.39, 0.29) is 94.5 Å². The number of likely N-dealkylation sites (tertiary alicyclic amines) is 2. The molecule has 3 saturated heterocycles. The van der Waals surface area contributed by atoms with Crippen LogP contribution in [0.2, 0.25) is 0 Å². The van der Waals surface area contributed by atoms with E-state index in [9.17, 15) is 33.6 Å². The van der Waals surface area contributed by atoms with Crippen molar-refractivity contribution in [3.8, 4) is 28.7 Å². The molecule has 12 rings (SSSR count). The molecule has 2 aromatic heterocycles. The molecule has 5 aliphatic rings. The summed E-state index contributed by atoms with van der Waals surface area (Å²) >= 11 is 2.52. The predicted molar refractivity (Wildman–Crippen MR) is 380 cm³/mol. The number of imide groups is 2. The van der Waals surface area contributed by atoms with Gasteiger partial charge in [0.15, 0.2) is 0 Å². The van der Waals surface area contributed by atoms with E-state index < -0.39 is 35.7 Å². The van der Waals surface area contributed by atoms with Crippen molar-refractivity contribution in [1.29, 1.82) is 0 Å². The fourth-order valence-corrected chi connectivity index (χ4v) is 15.7. The number of carbonyl (C=O) groups excluding carboxylic acids is 6. The first-order valence-corrected chi connectivity index (χ1v) is 34.9. The molecular weight excluding hydrogens is 1300 g/mol. The molecule has 5 aliphatic heterocycles. The van der Waals surface area contributed by atoms with Crippen molar-refractivity contribution in [3.05, 3.63) is 183 Å². The Morgan fingerprint density at radius 1 is 0.808 bits per heavy atom. The number of benzene rings is 5. The summed E-state index contributed by atoms with van der Waals surface area (Å²) in [4.78, 5) is 111. The number of nitrogens with two attached hydrogens (primary N) is 1. The fraction of sp³-hybridized carbons (Fsp3) is 0.351. The van der Waals surface area contributed by atoms with Crippen molar-refractivity contribution in [3.63, 3.8) is 0 Å². The Hall–Kier alpha value is -9.36.